The van der Waals surface area contributed by atoms with Gasteiger partial charge in [-0.1, -0.05) is 58.0 Å². The fourth-order valence-corrected chi connectivity index (χ4v) is 3.11. The Kier molecular flexibility index (Phi) is 5.76. The van der Waals surface area contributed by atoms with E-state index in [1.807, 2.05) is 48.7 Å². The minimum Gasteiger partial charge on any atom is -0.488 e. The highest BCUT2D eigenvalue weighted by atomic mass is 79.9. The first-order chi connectivity index (χ1) is 12.6. The zero-order valence-electron chi connectivity index (χ0n) is 13.8. The first kappa shape index (κ1) is 18.2. The summed E-state index contributed by atoms with van der Waals surface area (Å²) in [6.07, 6.45) is 1.81. The molecule has 0 aliphatic carbocycles. The van der Waals surface area contributed by atoms with Gasteiger partial charge in [0.25, 0.3) is 5.56 Å². The molecule has 0 aliphatic rings. The Morgan fingerprint density at radius 3 is 2.73 bits per heavy atom. The number of thioether (sulfide) groups is 1. The van der Waals surface area contributed by atoms with Crippen LogP contribution in [0.1, 0.15) is 11.1 Å². The van der Waals surface area contributed by atoms with Crippen LogP contribution in [0.15, 0.2) is 63.0 Å². The highest BCUT2D eigenvalue weighted by Crippen LogP contribution is 2.33. The Labute approximate surface area is 163 Å². The van der Waals surface area contributed by atoms with E-state index in [0.717, 1.165) is 10.0 Å². The number of nitrogens with zero attached hydrogens (tertiary/aromatic N) is 2. The van der Waals surface area contributed by atoms with E-state index in [1.165, 1.54) is 11.8 Å². The number of rotatable bonds is 5. The van der Waals surface area contributed by atoms with Gasteiger partial charge in [0.2, 0.25) is 0 Å². The summed E-state index contributed by atoms with van der Waals surface area (Å²) in [6.45, 7) is 0.366. The Balaban J connectivity index is 2.07. The van der Waals surface area contributed by atoms with Gasteiger partial charge < -0.3 is 9.72 Å². The van der Waals surface area contributed by atoms with Crippen LogP contribution >= 0.6 is 27.7 Å². The predicted octanol–water partition coefficient (Wildman–Crippen LogP) is 4.37. The number of benzene rings is 2. The van der Waals surface area contributed by atoms with Gasteiger partial charge in [-0.05, 0) is 30.0 Å². The molecule has 0 unspecified atom stereocenters. The third-order valence-corrected chi connectivity index (χ3v) is 4.71. The highest BCUT2D eigenvalue weighted by molar-refractivity contribution is 9.10. The lowest BCUT2D eigenvalue weighted by molar-refractivity contribution is 0.307. The number of aromatic amines is 1. The molecule has 0 atom stereocenters. The minimum absolute atomic E-state index is 0.0327. The summed E-state index contributed by atoms with van der Waals surface area (Å²) in [5.74, 6) is 0.546. The van der Waals surface area contributed by atoms with Gasteiger partial charge in [-0.3, -0.25) is 4.79 Å². The molecule has 1 N–H and O–H groups in total. The summed E-state index contributed by atoms with van der Waals surface area (Å²) in [5.41, 5.74) is 1.44. The molecule has 3 rings (SSSR count). The molecular weight excluding hydrogens is 414 g/mol. The van der Waals surface area contributed by atoms with Crippen molar-refractivity contribution >= 4 is 27.7 Å². The van der Waals surface area contributed by atoms with E-state index >= 15 is 0 Å². The van der Waals surface area contributed by atoms with Crippen LogP contribution in [0.3, 0.4) is 0 Å². The lowest BCUT2D eigenvalue weighted by atomic mass is 10.1. The topological polar surface area (TPSA) is 78.8 Å². The van der Waals surface area contributed by atoms with Crippen molar-refractivity contribution in [3.63, 3.8) is 0 Å². The largest absolute Gasteiger partial charge is 0.488 e. The minimum atomic E-state index is -0.459. The van der Waals surface area contributed by atoms with Crippen LogP contribution in [0.5, 0.6) is 5.75 Å². The number of nitrogens with one attached hydrogen (secondary N) is 1. The van der Waals surface area contributed by atoms with Gasteiger partial charge in [-0.15, -0.1) is 0 Å². The molecular formula is C19H14BrN3O2S. The van der Waals surface area contributed by atoms with Crippen molar-refractivity contribution in [3.8, 4) is 23.1 Å². The maximum atomic E-state index is 12.2. The fraction of sp³-hybridized carbons (Fsp3) is 0.105. The third-order valence-electron chi connectivity index (χ3n) is 3.64. The maximum Gasteiger partial charge on any atom is 0.270 e. The van der Waals surface area contributed by atoms with E-state index < -0.39 is 5.56 Å². The molecule has 0 spiro atoms. The van der Waals surface area contributed by atoms with E-state index in [-0.39, 0.29) is 5.56 Å². The number of aromatic nitrogens is 2. The summed E-state index contributed by atoms with van der Waals surface area (Å²) < 4.78 is 6.80. The molecule has 7 heteroatoms. The van der Waals surface area contributed by atoms with E-state index in [0.29, 0.717) is 28.8 Å². The standard InChI is InChI=1S/C19H14BrN3O2S/c1-26-19-22-17(15(10-21)18(24)23-19)14-8-7-13(20)9-16(14)25-11-12-5-3-2-4-6-12/h2-9H,11H2,1H3,(H,22,23,24). The third kappa shape index (κ3) is 3.98. The molecule has 26 heavy (non-hydrogen) atoms. The Morgan fingerprint density at radius 1 is 1.27 bits per heavy atom. The quantitative estimate of drug-likeness (QED) is 0.482. The zero-order chi connectivity index (χ0) is 18.5. The van der Waals surface area contributed by atoms with E-state index in [4.69, 9.17) is 4.74 Å². The summed E-state index contributed by atoms with van der Waals surface area (Å²) in [4.78, 5) is 19.2. The molecule has 0 bridgehead atoms. The summed E-state index contributed by atoms with van der Waals surface area (Å²) in [6, 6.07) is 17.1. The monoisotopic (exact) mass is 427 g/mol. The van der Waals surface area contributed by atoms with Gasteiger partial charge in [0.05, 0.1) is 0 Å². The molecule has 0 amide bonds. The van der Waals surface area contributed by atoms with Gasteiger partial charge >= 0.3 is 0 Å². The van der Waals surface area contributed by atoms with Gasteiger partial charge in [0, 0.05) is 10.0 Å². The molecule has 0 radical (unpaired) electrons. The first-order valence-electron chi connectivity index (χ1n) is 7.67. The fourth-order valence-electron chi connectivity index (χ4n) is 2.39. The van der Waals surface area contributed by atoms with Crippen molar-refractivity contribution in [3.05, 3.63) is 74.5 Å². The number of hydrogen-bond donors (Lipinski definition) is 1. The van der Waals surface area contributed by atoms with E-state index in [1.54, 1.807) is 12.1 Å². The van der Waals surface area contributed by atoms with Crippen molar-refractivity contribution in [2.75, 3.05) is 6.26 Å². The van der Waals surface area contributed by atoms with Gasteiger partial charge in [0.1, 0.15) is 29.7 Å². The van der Waals surface area contributed by atoms with Crippen LogP contribution in [0.4, 0.5) is 0 Å². The highest BCUT2D eigenvalue weighted by Gasteiger charge is 2.17. The van der Waals surface area contributed by atoms with Crippen molar-refractivity contribution in [1.29, 1.82) is 5.26 Å². The molecule has 0 aliphatic heterocycles. The molecule has 5 nitrogen and oxygen atoms in total. The SMILES string of the molecule is CSc1nc(-c2ccc(Br)cc2OCc2ccccc2)c(C#N)c(=O)[nH]1. The Morgan fingerprint density at radius 2 is 2.04 bits per heavy atom. The van der Waals surface area contributed by atoms with Crippen molar-refractivity contribution in [2.24, 2.45) is 0 Å². The number of ether oxygens (including phenoxy) is 1. The maximum absolute atomic E-state index is 12.2. The van der Waals surface area contributed by atoms with Crippen LogP contribution in [-0.4, -0.2) is 16.2 Å². The average Bonchev–Trinajstić information content (AvgIpc) is 2.66. The molecule has 1 aromatic heterocycles. The summed E-state index contributed by atoms with van der Waals surface area (Å²) in [7, 11) is 0. The lowest BCUT2D eigenvalue weighted by Gasteiger charge is -2.13. The van der Waals surface area contributed by atoms with Crippen LogP contribution < -0.4 is 10.3 Å². The average molecular weight is 428 g/mol. The van der Waals surface area contributed by atoms with Crippen LogP contribution in [0.2, 0.25) is 0 Å². The number of hydrogen-bond acceptors (Lipinski definition) is 5. The Hall–Kier alpha value is -2.56. The second-order valence-electron chi connectivity index (χ2n) is 5.33. The number of nitriles is 1. The number of halogens is 1. The molecule has 130 valence electrons. The van der Waals surface area contributed by atoms with Crippen molar-refractivity contribution in [1.82, 2.24) is 9.97 Å². The molecule has 2 aromatic carbocycles. The van der Waals surface area contributed by atoms with Crippen LogP contribution in [0.25, 0.3) is 11.3 Å². The summed E-state index contributed by atoms with van der Waals surface area (Å²) >= 11 is 4.74. The predicted molar refractivity (Wildman–Crippen MR) is 105 cm³/mol. The molecule has 3 aromatic rings. The van der Waals surface area contributed by atoms with Crippen LogP contribution in [0, 0.1) is 11.3 Å². The van der Waals surface area contributed by atoms with E-state index in [2.05, 4.69) is 25.9 Å². The lowest BCUT2D eigenvalue weighted by Crippen LogP contribution is -2.15. The normalized spacial score (nSPS) is 10.3. The molecule has 0 fully saturated rings. The van der Waals surface area contributed by atoms with Crippen LogP contribution in [-0.2, 0) is 6.61 Å². The van der Waals surface area contributed by atoms with Crippen molar-refractivity contribution < 1.29 is 4.74 Å². The zero-order valence-corrected chi connectivity index (χ0v) is 16.2. The summed E-state index contributed by atoms with van der Waals surface area (Å²) in [5, 5.41) is 9.86. The first-order valence-corrected chi connectivity index (χ1v) is 9.69. The molecule has 1 heterocycles. The molecule has 0 saturated heterocycles. The Bertz CT molecular complexity index is 1030. The smallest absolute Gasteiger partial charge is 0.270 e. The van der Waals surface area contributed by atoms with Gasteiger partial charge in [-0.2, -0.15) is 5.26 Å². The molecule has 0 saturated carbocycles. The van der Waals surface area contributed by atoms with Gasteiger partial charge in [0.15, 0.2) is 5.16 Å². The van der Waals surface area contributed by atoms with Gasteiger partial charge in [-0.25, -0.2) is 4.98 Å². The van der Waals surface area contributed by atoms with Crippen molar-refractivity contribution in [2.45, 2.75) is 11.8 Å². The number of H-pyrrole nitrogens is 1. The second-order valence-corrected chi connectivity index (χ2v) is 7.04. The second kappa shape index (κ2) is 8.21. The van der Waals surface area contributed by atoms with E-state index in [9.17, 15) is 10.1 Å².